The highest BCUT2D eigenvalue weighted by Gasteiger charge is 2.08. The number of benzene rings is 1. The van der Waals surface area contributed by atoms with Crippen LogP contribution in [-0.4, -0.2) is 30.3 Å². The van der Waals surface area contributed by atoms with Gasteiger partial charge in [0.15, 0.2) is 0 Å². The molecule has 1 aromatic rings. The maximum Gasteiger partial charge on any atom is 0.251 e. The minimum atomic E-state index is -0.575. The highest BCUT2D eigenvalue weighted by atomic mass is 35.5. The van der Waals surface area contributed by atoms with E-state index in [1.807, 2.05) is 0 Å². The molecule has 0 aliphatic heterocycles. The Labute approximate surface area is 116 Å². The monoisotopic (exact) mass is 288 g/mol. The van der Waals surface area contributed by atoms with Crippen molar-refractivity contribution in [3.8, 4) is 0 Å². The second-order valence-corrected chi connectivity index (χ2v) is 4.76. The zero-order chi connectivity index (χ0) is 13.5. The fourth-order valence-corrected chi connectivity index (χ4v) is 1.50. The van der Waals surface area contributed by atoms with Crippen molar-refractivity contribution in [1.29, 1.82) is 0 Å². The lowest BCUT2D eigenvalue weighted by atomic mass is 10.2. The molecule has 0 radical (unpaired) electrons. The van der Waals surface area contributed by atoms with E-state index in [0.29, 0.717) is 23.7 Å². The lowest BCUT2D eigenvalue weighted by molar-refractivity contribution is -0.120. The van der Waals surface area contributed by atoms with E-state index < -0.39 is 5.38 Å². The van der Waals surface area contributed by atoms with E-state index in [9.17, 15) is 9.59 Å². The van der Waals surface area contributed by atoms with Crippen LogP contribution in [-0.2, 0) is 4.79 Å². The molecule has 1 atom stereocenters. The summed E-state index contributed by atoms with van der Waals surface area (Å²) in [5.74, 6) is -0.487. The van der Waals surface area contributed by atoms with Gasteiger partial charge in [0.1, 0.15) is 5.38 Å². The van der Waals surface area contributed by atoms with Crippen molar-refractivity contribution in [3.63, 3.8) is 0 Å². The minimum Gasteiger partial charge on any atom is -0.353 e. The molecule has 1 unspecified atom stereocenters. The molecule has 0 aliphatic carbocycles. The summed E-state index contributed by atoms with van der Waals surface area (Å²) >= 11 is 11.3. The van der Waals surface area contributed by atoms with Crippen LogP contribution in [0.4, 0.5) is 0 Å². The molecule has 0 saturated carbocycles. The van der Waals surface area contributed by atoms with Crippen LogP contribution in [0.5, 0.6) is 0 Å². The van der Waals surface area contributed by atoms with Crippen LogP contribution in [0.1, 0.15) is 17.3 Å². The first-order valence-corrected chi connectivity index (χ1v) is 6.27. The number of hydrogen-bond donors (Lipinski definition) is 2. The van der Waals surface area contributed by atoms with Gasteiger partial charge in [0.25, 0.3) is 5.91 Å². The van der Waals surface area contributed by atoms with Crippen molar-refractivity contribution in [1.82, 2.24) is 10.6 Å². The van der Waals surface area contributed by atoms with E-state index in [2.05, 4.69) is 10.6 Å². The fourth-order valence-electron chi connectivity index (χ4n) is 1.23. The Morgan fingerprint density at radius 2 is 1.94 bits per heavy atom. The van der Waals surface area contributed by atoms with Crippen molar-refractivity contribution in [2.24, 2.45) is 0 Å². The molecule has 2 N–H and O–H groups in total. The summed E-state index contributed by atoms with van der Waals surface area (Å²) in [6.07, 6.45) is 0. The highest BCUT2D eigenvalue weighted by Crippen LogP contribution is 2.10. The van der Waals surface area contributed by atoms with Gasteiger partial charge in [-0.25, -0.2) is 0 Å². The van der Waals surface area contributed by atoms with Gasteiger partial charge in [-0.15, -0.1) is 11.6 Å². The summed E-state index contributed by atoms with van der Waals surface area (Å²) in [6, 6.07) is 6.64. The van der Waals surface area contributed by atoms with E-state index in [-0.39, 0.29) is 11.8 Å². The van der Waals surface area contributed by atoms with Gasteiger partial charge in [-0.3, -0.25) is 9.59 Å². The number of amides is 2. The van der Waals surface area contributed by atoms with Gasteiger partial charge in [0.05, 0.1) is 0 Å². The van der Waals surface area contributed by atoms with E-state index in [0.717, 1.165) is 0 Å². The van der Waals surface area contributed by atoms with E-state index in [1.54, 1.807) is 31.2 Å². The van der Waals surface area contributed by atoms with Gasteiger partial charge in [0, 0.05) is 23.7 Å². The van der Waals surface area contributed by atoms with Crippen molar-refractivity contribution in [2.75, 3.05) is 13.1 Å². The number of halogens is 2. The first-order valence-electron chi connectivity index (χ1n) is 5.46. The molecule has 4 nitrogen and oxygen atoms in total. The summed E-state index contributed by atoms with van der Waals surface area (Å²) in [5, 5.41) is 5.18. The molecule has 1 aromatic carbocycles. The van der Waals surface area contributed by atoms with Crippen LogP contribution in [0.3, 0.4) is 0 Å². The molecule has 6 heteroatoms. The second kappa shape index (κ2) is 7.24. The predicted molar refractivity (Wildman–Crippen MR) is 72.1 cm³/mol. The Bertz CT molecular complexity index is 436. The Morgan fingerprint density at radius 1 is 1.28 bits per heavy atom. The average molecular weight is 289 g/mol. The normalized spacial score (nSPS) is 11.7. The summed E-state index contributed by atoms with van der Waals surface area (Å²) in [6.45, 7) is 2.25. The van der Waals surface area contributed by atoms with E-state index in [4.69, 9.17) is 23.2 Å². The first kappa shape index (κ1) is 14.8. The number of alkyl halides is 1. The molecular weight excluding hydrogens is 275 g/mol. The number of nitrogens with one attached hydrogen (secondary N) is 2. The van der Waals surface area contributed by atoms with Gasteiger partial charge in [0.2, 0.25) is 5.91 Å². The molecular formula is C12H14Cl2N2O2. The SMILES string of the molecule is CC(Cl)C(=O)NCCNC(=O)c1cccc(Cl)c1. The van der Waals surface area contributed by atoms with E-state index in [1.165, 1.54) is 0 Å². The number of carbonyl (C=O) groups is 2. The molecule has 0 heterocycles. The molecule has 0 bridgehead atoms. The third-order valence-electron chi connectivity index (χ3n) is 2.16. The van der Waals surface area contributed by atoms with Gasteiger partial charge < -0.3 is 10.6 Å². The molecule has 0 aromatic heterocycles. The van der Waals surface area contributed by atoms with Crippen LogP contribution in [0, 0.1) is 0 Å². The summed E-state index contributed by atoms with van der Waals surface area (Å²) in [5.41, 5.74) is 0.486. The number of hydrogen-bond acceptors (Lipinski definition) is 2. The molecule has 18 heavy (non-hydrogen) atoms. The number of rotatable bonds is 5. The van der Waals surface area contributed by atoms with Crippen molar-refractivity contribution < 1.29 is 9.59 Å². The molecule has 0 saturated heterocycles. The smallest absolute Gasteiger partial charge is 0.251 e. The average Bonchev–Trinajstić information content (AvgIpc) is 2.33. The first-order chi connectivity index (χ1) is 8.50. The molecule has 0 spiro atoms. The minimum absolute atomic E-state index is 0.231. The van der Waals surface area contributed by atoms with Gasteiger partial charge >= 0.3 is 0 Å². The van der Waals surface area contributed by atoms with Crippen LogP contribution in [0.25, 0.3) is 0 Å². The number of carbonyl (C=O) groups excluding carboxylic acids is 2. The maximum atomic E-state index is 11.7. The van der Waals surface area contributed by atoms with Crippen LogP contribution in [0.2, 0.25) is 5.02 Å². The van der Waals surface area contributed by atoms with Gasteiger partial charge in [-0.2, -0.15) is 0 Å². The Kier molecular flexibility index (Phi) is 5.95. The van der Waals surface area contributed by atoms with Crippen molar-refractivity contribution in [3.05, 3.63) is 34.9 Å². The van der Waals surface area contributed by atoms with Crippen LogP contribution in [0.15, 0.2) is 24.3 Å². The van der Waals surface area contributed by atoms with Gasteiger partial charge in [-0.05, 0) is 25.1 Å². The molecule has 0 fully saturated rings. The van der Waals surface area contributed by atoms with Crippen molar-refractivity contribution in [2.45, 2.75) is 12.3 Å². The Balaban J connectivity index is 2.32. The second-order valence-electron chi connectivity index (χ2n) is 3.67. The van der Waals surface area contributed by atoms with Crippen LogP contribution >= 0.6 is 23.2 Å². The standard InChI is InChI=1S/C12H14Cl2N2O2/c1-8(13)11(17)15-5-6-16-12(18)9-3-2-4-10(14)7-9/h2-4,7-8H,5-6H2,1H3,(H,15,17)(H,16,18). The lowest BCUT2D eigenvalue weighted by Crippen LogP contribution is -2.37. The quantitative estimate of drug-likeness (QED) is 0.641. The molecule has 1 rings (SSSR count). The zero-order valence-corrected chi connectivity index (χ0v) is 11.4. The predicted octanol–water partition coefficient (Wildman–Crippen LogP) is 1.81. The molecule has 2 amide bonds. The third kappa shape index (κ3) is 4.94. The molecule has 0 aliphatic rings. The highest BCUT2D eigenvalue weighted by molar-refractivity contribution is 6.31. The van der Waals surface area contributed by atoms with E-state index >= 15 is 0 Å². The summed E-state index contributed by atoms with van der Waals surface area (Å²) < 4.78 is 0. The summed E-state index contributed by atoms with van der Waals surface area (Å²) in [7, 11) is 0. The van der Waals surface area contributed by atoms with Crippen LogP contribution < -0.4 is 10.6 Å². The van der Waals surface area contributed by atoms with Crippen molar-refractivity contribution >= 4 is 35.0 Å². The Morgan fingerprint density at radius 3 is 2.56 bits per heavy atom. The third-order valence-corrected chi connectivity index (χ3v) is 2.59. The summed E-state index contributed by atoms with van der Waals surface area (Å²) in [4.78, 5) is 22.8. The lowest BCUT2D eigenvalue weighted by Gasteiger charge is -2.08. The zero-order valence-electron chi connectivity index (χ0n) is 9.87. The fraction of sp³-hybridized carbons (Fsp3) is 0.333. The van der Waals surface area contributed by atoms with Gasteiger partial charge in [-0.1, -0.05) is 17.7 Å². The maximum absolute atomic E-state index is 11.7. The Hall–Kier alpha value is -1.26. The molecule has 98 valence electrons. The largest absolute Gasteiger partial charge is 0.353 e. The topological polar surface area (TPSA) is 58.2 Å².